The Labute approximate surface area is 185 Å². The van der Waals surface area contributed by atoms with Crippen molar-refractivity contribution < 1.29 is 0 Å². The highest BCUT2D eigenvalue weighted by Crippen LogP contribution is 2.26. The van der Waals surface area contributed by atoms with E-state index in [1.807, 2.05) is 78.9 Å². The van der Waals surface area contributed by atoms with Gasteiger partial charge in [0.25, 0.3) is 0 Å². The fourth-order valence-electron chi connectivity index (χ4n) is 3.39. The molecular formula is C26H17ClN4. The molecule has 0 radical (unpaired) electrons. The summed E-state index contributed by atoms with van der Waals surface area (Å²) in [5.41, 5.74) is 6.29. The summed E-state index contributed by atoms with van der Waals surface area (Å²) >= 11 is 5.98. The molecule has 148 valence electrons. The van der Waals surface area contributed by atoms with Gasteiger partial charge < -0.3 is 0 Å². The van der Waals surface area contributed by atoms with Crippen LogP contribution in [-0.4, -0.2) is 20.4 Å². The average Bonchev–Trinajstić information content (AvgIpc) is 2.85. The van der Waals surface area contributed by atoms with Gasteiger partial charge in [-0.2, -0.15) is 0 Å². The molecule has 4 nitrogen and oxygen atoms in total. The zero-order valence-electron chi connectivity index (χ0n) is 16.5. The lowest BCUT2D eigenvalue weighted by Gasteiger charge is -2.06. The number of halogens is 1. The van der Waals surface area contributed by atoms with Crippen molar-refractivity contribution in [2.24, 2.45) is 0 Å². The number of hydrogen-bond acceptors (Lipinski definition) is 4. The summed E-state index contributed by atoms with van der Waals surface area (Å²) < 4.78 is 0. The third kappa shape index (κ3) is 4.20. The van der Waals surface area contributed by atoms with Gasteiger partial charge in [-0.3, -0.25) is 0 Å². The van der Waals surface area contributed by atoms with Crippen molar-refractivity contribution in [3.05, 3.63) is 108 Å². The van der Waals surface area contributed by atoms with E-state index in [0.717, 1.165) is 32.8 Å². The van der Waals surface area contributed by atoms with E-state index in [1.54, 1.807) is 0 Å². The molecule has 0 fully saturated rings. The molecular weight excluding hydrogens is 404 g/mol. The molecule has 0 saturated heterocycles. The zero-order chi connectivity index (χ0) is 21.0. The minimum Gasteiger partial charge on any atom is -0.204 e. The monoisotopic (exact) mass is 420 g/mol. The van der Waals surface area contributed by atoms with Gasteiger partial charge in [-0.1, -0.05) is 103 Å². The van der Waals surface area contributed by atoms with Crippen LogP contribution in [0, 0.1) is 0 Å². The molecule has 1 aromatic heterocycles. The molecule has 0 saturated carbocycles. The summed E-state index contributed by atoms with van der Waals surface area (Å²) in [4.78, 5) is 4.63. The molecule has 5 heteroatoms. The van der Waals surface area contributed by atoms with Crippen molar-refractivity contribution in [1.29, 1.82) is 0 Å². The lowest BCUT2D eigenvalue weighted by molar-refractivity contribution is 0.834. The van der Waals surface area contributed by atoms with E-state index in [0.29, 0.717) is 11.6 Å². The Morgan fingerprint density at radius 2 is 0.806 bits per heavy atom. The Morgan fingerprint density at radius 1 is 0.419 bits per heavy atom. The summed E-state index contributed by atoms with van der Waals surface area (Å²) in [6.45, 7) is 0. The second kappa shape index (κ2) is 8.46. The summed E-state index contributed by atoms with van der Waals surface area (Å²) in [7, 11) is 0. The summed E-state index contributed by atoms with van der Waals surface area (Å²) in [6, 6.07) is 34.2. The predicted molar refractivity (Wildman–Crippen MR) is 124 cm³/mol. The number of hydrogen-bond donors (Lipinski definition) is 0. The number of aromatic nitrogens is 4. The van der Waals surface area contributed by atoms with Gasteiger partial charge in [0, 0.05) is 16.1 Å². The van der Waals surface area contributed by atoms with Gasteiger partial charge in [0.1, 0.15) is 0 Å². The molecule has 0 aliphatic rings. The average molecular weight is 421 g/mol. The molecule has 5 aromatic rings. The molecule has 0 bridgehead atoms. The zero-order valence-corrected chi connectivity index (χ0v) is 17.2. The van der Waals surface area contributed by atoms with Crippen molar-refractivity contribution >= 4 is 11.6 Å². The molecule has 1 heterocycles. The first-order valence-electron chi connectivity index (χ1n) is 9.86. The largest absolute Gasteiger partial charge is 0.204 e. The fourth-order valence-corrected chi connectivity index (χ4v) is 3.52. The van der Waals surface area contributed by atoms with Gasteiger partial charge in [-0.05, 0) is 39.6 Å². The highest BCUT2D eigenvalue weighted by atomic mass is 35.5. The minimum absolute atomic E-state index is 0.541. The molecule has 0 atom stereocenters. The van der Waals surface area contributed by atoms with E-state index in [4.69, 9.17) is 11.6 Å². The topological polar surface area (TPSA) is 51.6 Å². The van der Waals surface area contributed by atoms with Crippen LogP contribution in [0.4, 0.5) is 0 Å². The molecule has 0 aliphatic heterocycles. The first-order valence-corrected chi connectivity index (χ1v) is 10.2. The van der Waals surface area contributed by atoms with Crippen molar-refractivity contribution in [2.45, 2.75) is 0 Å². The van der Waals surface area contributed by atoms with Crippen LogP contribution in [0.1, 0.15) is 0 Å². The van der Waals surface area contributed by atoms with Crippen LogP contribution in [0.5, 0.6) is 0 Å². The molecule has 0 aliphatic carbocycles. The van der Waals surface area contributed by atoms with E-state index >= 15 is 0 Å². The molecule has 31 heavy (non-hydrogen) atoms. The molecule has 0 amide bonds. The van der Waals surface area contributed by atoms with Gasteiger partial charge in [0.2, 0.25) is 0 Å². The maximum Gasteiger partial charge on any atom is 0.185 e. The standard InChI is InChI=1S/C26H17ClN4/c27-24-16-14-21(15-17-24)20-8-12-23(13-9-20)26-28-25(29-31-30-26)22-10-6-19(7-11-22)18-4-2-1-3-5-18/h1-17H. The lowest BCUT2D eigenvalue weighted by atomic mass is 10.0. The predicted octanol–water partition coefficient (Wildman–Crippen LogP) is 6.59. The molecule has 5 rings (SSSR count). The molecule has 4 aromatic carbocycles. The quantitative estimate of drug-likeness (QED) is 0.329. The van der Waals surface area contributed by atoms with Gasteiger partial charge >= 0.3 is 0 Å². The SMILES string of the molecule is Clc1ccc(-c2ccc(-c3nnnc(-c4ccc(-c5ccccc5)cc4)n3)cc2)cc1. The van der Waals surface area contributed by atoms with Gasteiger partial charge in [0.15, 0.2) is 11.6 Å². The van der Waals surface area contributed by atoms with Crippen LogP contribution in [-0.2, 0) is 0 Å². The van der Waals surface area contributed by atoms with E-state index in [-0.39, 0.29) is 0 Å². The van der Waals surface area contributed by atoms with E-state index in [9.17, 15) is 0 Å². The maximum atomic E-state index is 5.98. The third-order valence-electron chi connectivity index (χ3n) is 5.06. The van der Waals surface area contributed by atoms with Gasteiger partial charge in [-0.15, -0.1) is 10.2 Å². The maximum absolute atomic E-state index is 5.98. The Balaban J connectivity index is 1.40. The second-order valence-corrected chi connectivity index (χ2v) is 7.51. The Hall–Kier alpha value is -3.89. The van der Waals surface area contributed by atoms with E-state index in [1.165, 1.54) is 5.56 Å². The number of benzene rings is 4. The number of nitrogens with zero attached hydrogens (tertiary/aromatic N) is 4. The van der Waals surface area contributed by atoms with Crippen LogP contribution in [0.25, 0.3) is 45.0 Å². The van der Waals surface area contributed by atoms with Gasteiger partial charge in [0.05, 0.1) is 0 Å². The summed E-state index contributed by atoms with van der Waals surface area (Å²) in [6.07, 6.45) is 0. The van der Waals surface area contributed by atoms with Crippen LogP contribution in [0.3, 0.4) is 0 Å². The third-order valence-corrected chi connectivity index (χ3v) is 5.31. The molecule has 0 N–H and O–H groups in total. The van der Waals surface area contributed by atoms with Crippen molar-refractivity contribution in [1.82, 2.24) is 20.4 Å². The normalized spacial score (nSPS) is 10.7. The molecule has 0 unspecified atom stereocenters. The Morgan fingerprint density at radius 3 is 1.29 bits per heavy atom. The van der Waals surface area contributed by atoms with Crippen molar-refractivity contribution in [2.75, 3.05) is 0 Å². The van der Waals surface area contributed by atoms with Crippen LogP contribution in [0.15, 0.2) is 103 Å². The summed E-state index contributed by atoms with van der Waals surface area (Å²) in [5.74, 6) is 1.09. The Kier molecular flexibility index (Phi) is 5.21. The van der Waals surface area contributed by atoms with Crippen molar-refractivity contribution in [3.8, 4) is 45.0 Å². The highest BCUT2D eigenvalue weighted by Gasteiger charge is 2.09. The summed E-state index contributed by atoms with van der Waals surface area (Å²) in [5, 5.41) is 12.9. The lowest BCUT2D eigenvalue weighted by Crippen LogP contribution is -1.99. The van der Waals surface area contributed by atoms with Crippen LogP contribution < -0.4 is 0 Å². The minimum atomic E-state index is 0.541. The van der Waals surface area contributed by atoms with Gasteiger partial charge in [-0.25, -0.2) is 4.98 Å². The first-order chi connectivity index (χ1) is 15.3. The van der Waals surface area contributed by atoms with E-state index in [2.05, 4.69) is 44.7 Å². The smallest absolute Gasteiger partial charge is 0.185 e. The second-order valence-electron chi connectivity index (χ2n) is 7.08. The Bertz CT molecular complexity index is 1300. The molecule has 0 spiro atoms. The fraction of sp³-hybridized carbons (Fsp3) is 0. The highest BCUT2D eigenvalue weighted by molar-refractivity contribution is 6.30. The van der Waals surface area contributed by atoms with Crippen LogP contribution >= 0.6 is 11.6 Å². The first kappa shape index (κ1) is 19.1. The number of rotatable bonds is 4. The van der Waals surface area contributed by atoms with Crippen LogP contribution in [0.2, 0.25) is 5.02 Å². The van der Waals surface area contributed by atoms with Crippen molar-refractivity contribution in [3.63, 3.8) is 0 Å². The van der Waals surface area contributed by atoms with E-state index < -0.39 is 0 Å².